The molecule has 32 heavy (non-hydrogen) atoms. The first kappa shape index (κ1) is 24.4. The highest BCUT2D eigenvalue weighted by atomic mass is 32.2. The van der Waals surface area contributed by atoms with Gasteiger partial charge in [0, 0.05) is 19.0 Å². The van der Waals surface area contributed by atoms with E-state index in [0.717, 1.165) is 18.7 Å². The molecule has 1 unspecified atom stereocenters. The maximum atomic E-state index is 13.2. The van der Waals surface area contributed by atoms with Crippen molar-refractivity contribution in [1.82, 2.24) is 9.62 Å². The van der Waals surface area contributed by atoms with Gasteiger partial charge in [-0.15, -0.1) is 0 Å². The zero-order valence-electron chi connectivity index (χ0n) is 18.5. The molecule has 0 spiro atoms. The number of amides is 1. The van der Waals surface area contributed by atoms with Crippen LogP contribution in [0.2, 0.25) is 0 Å². The monoisotopic (exact) mass is 479 g/mol. The first-order chi connectivity index (χ1) is 15.1. The summed E-state index contributed by atoms with van der Waals surface area (Å²) in [5, 5.41) is 0. The Morgan fingerprint density at radius 2 is 1.75 bits per heavy atom. The van der Waals surface area contributed by atoms with Crippen LogP contribution in [0.5, 0.6) is 0 Å². The predicted octanol–water partition coefficient (Wildman–Crippen LogP) is 2.42. The van der Waals surface area contributed by atoms with Crippen molar-refractivity contribution in [1.29, 1.82) is 0 Å². The fraction of sp³-hybridized carbons (Fsp3) is 0.409. The van der Waals surface area contributed by atoms with Gasteiger partial charge in [-0.3, -0.25) is 9.69 Å². The van der Waals surface area contributed by atoms with E-state index in [9.17, 15) is 21.6 Å². The Hall–Kier alpha value is -2.27. The number of hydrogen-bond donors (Lipinski definition) is 1. The molecule has 2 aromatic carbocycles. The first-order valence-electron chi connectivity index (χ1n) is 10.6. The van der Waals surface area contributed by atoms with Gasteiger partial charge in [-0.2, -0.15) is 0 Å². The highest BCUT2D eigenvalue weighted by molar-refractivity contribution is 7.94. The third-order valence-corrected chi connectivity index (χ3v) is 8.93. The van der Waals surface area contributed by atoms with Crippen molar-refractivity contribution in [2.75, 3.05) is 29.7 Å². The van der Waals surface area contributed by atoms with Crippen molar-refractivity contribution in [3.05, 3.63) is 59.7 Å². The predicted molar refractivity (Wildman–Crippen MR) is 124 cm³/mol. The summed E-state index contributed by atoms with van der Waals surface area (Å²) < 4.78 is 54.4. The highest BCUT2D eigenvalue weighted by Gasteiger charge is 2.37. The molecule has 1 saturated heterocycles. The topological polar surface area (TPSA) is 104 Å². The van der Waals surface area contributed by atoms with E-state index in [1.807, 2.05) is 44.2 Å². The molecular weight excluding hydrogens is 450 g/mol. The summed E-state index contributed by atoms with van der Waals surface area (Å²) in [6, 6.07) is 13.7. The van der Waals surface area contributed by atoms with Crippen LogP contribution in [0.15, 0.2) is 53.4 Å². The van der Waals surface area contributed by atoms with Crippen molar-refractivity contribution in [3.8, 4) is 0 Å². The van der Waals surface area contributed by atoms with Gasteiger partial charge >= 0.3 is 0 Å². The van der Waals surface area contributed by atoms with Crippen LogP contribution in [0.4, 0.5) is 5.69 Å². The lowest BCUT2D eigenvalue weighted by Gasteiger charge is -2.30. The molecule has 1 N–H and O–H groups in total. The van der Waals surface area contributed by atoms with E-state index >= 15 is 0 Å². The first-order valence-corrected chi connectivity index (χ1v) is 13.6. The number of sulfonamides is 2. The number of carbonyl (C=O) groups excluding carboxylic acids is 1. The average Bonchev–Trinajstić information content (AvgIpc) is 3.04. The lowest BCUT2D eigenvalue weighted by molar-refractivity contribution is -0.116. The SMILES string of the molecule is CCN(CC)C(CNS(=O)(=O)c1cc(N2C(=O)CCS2(=O)=O)ccc1C)c1ccccc1. The largest absolute Gasteiger partial charge is 0.296 e. The Morgan fingerprint density at radius 3 is 2.31 bits per heavy atom. The molecule has 1 heterocycles. The van der Waals surface area contributed by atoms with Crippen molar-refractivity contribution in [2.45, 2.75) is 38.1 Å². The second kappa shape index (κ2) is 9.70. The number of likely N-dealkylation sites (N-methyl/N-ethyl adjacent to an activating group) is 1. The Labute approximate surface area is 190 Å². The van der Waals surface area contributed by atoms with E-state index in [1.165, 1.54) is 18.2 Å². The van der Waals surface area contributed by atoms with Crippen LogP contribution >= 0.6 is 0 Å². The molecule has 1 atom stereocenters. The van der Waals surface area contributed by atoms with E-state index in [0.29, 0.717) is 9.87 Å². The summed E-state index contributed by atoms with van der Waals surface area (Å²) >= 11 is 0. The zero-order chi connectivity index (χ0) is 23.5. The number of nitrogens with zero attached hydrogens (tertiary/aromatic N) is 2. The second-order valence-corrected chi connectivity index (χ2v) is 11.3. The molecule has 0 aliphatic carbocycles. The Balaban J connectivity index is 1.91. The minimum atomic E-state index is -3.96. The smallest absolute Gasteiger partial charge is 0.242 e. The number of aryl methyl sites for hydroxylation is 1. The third-order valence-electron chi connectivity index (χ3n) is 5.68. The summed E-state index contributed by atoms with van der Waals surface area (Å²) in [6.07, 6.45) is -0.112. The van der Waals surface area contributed by atoms with E-state index in [-0.39, 0.29) is 35.3 Å². The number of anilines is 1. The second-order valence-electron chi connectivity index (χ2n) is 7.67. The number of carbonyl (C=O) groups is 1. The molecule has 3 rings (SSSR count). The van der Waals surface area contributed by atoms with Crippen molar-refractivity contribution in [3.63, 3.8) is 0 Å². The Kier molecular flexibility index (Phi) is 7.39. The Morgan fingerprint density at radius 1 is 1.09 bits per heavy atom. The van der Waals surface area contributed by atoms with E-state index in [1.54, 1.807) is 6.92 Å². The van der Waals surface area contributed by atoms with Gasteiger partial charge in [0.2, 0.25) is 26.0 Å². The molecule has 0 aromatic heterocycles. The van der Waals surface area contributed by atoms with Gasteiger partial charge in [-0.1, -0.05) is 50.2 Å². The van der Waals surface area contributed by atoms with Gasteiger partial charge < -0.3 is 0 Å². The van der Waals surface area contributed by atoms with Crippen molar-refractivity contribution < 1.29 is 21.6 Å². The summed E-state index contributed by atoms with van der Waals surface area (Å²) in [5.74, 6) is -0.835. The molecule has 0 saturated carbocycles. The molecule has 174 valence electrons. The number of nitrogens with one attached hydrogen (secondary N) is 1. The lowest BCUT2D eigenvalue weighted by atomic mass is 10.1. The van der Waals surface area contributed by atoms with Crippen LogP contribution in [-0.4, -0.2) is 53.0 Å². The molecule has 2 aromatic rings. The summed E-state index contributed by atoms with van der Waals surface area (Å²) in [5.41, 5.74) is 1.50. The molecule has 1 fully saturated rings. The lowest BCUT2D eigenvalue weighted by Crippen LogP contribution is -2.38. The summed E-state index contributed by atoms with van der Waals surface area (Å²) in [4.78, 5) is 14.2. The number of hydrogen-bond acceptors (Lipinski definition) is 6. The Bertz CT molecular complexity index is 1180. The quantitative estimate of drug-likeness (QED) is 0.592. The van der Waals surface area contributed by atoms with Crippen LogP contribution < -0.4 is 9.03 Å². The molecule has 1 aliphatic rings. The van der Waals surface area contributed by atoms with Gasteiger partial charge in [-0.25, -0.2) is 25.9 Å². The standard InChI is InChI=1S/C22H29N3O5S2/c1-4-24(5-2)20(18-9-7-6-8-10-18)16-23-32(29,30)21-15-19(12-11-17(21)3)25-22(26)13-14-31(25,27)28/h6-12,15,20,23H,4-5,13-14,16H2,1-3H3. The molecule has 1 aliphatic heterocycles. The van der Waals surface area contributed by atoms with Crippen molar-refractivity contribution >= 4 is 31.6 Å². The molecule has 10 heteroatoms. The maximum Gasteiger partial charge on any atom is 0.242 e. The third kappa shape index (κ3) is 5.03. The van der Waals surface area contributed by atoms with Gasteiger partial charge in [0.1, 0.15) is 0 Å². The summed E-state index contributed by atoms with van der Waals surface area (Å²) in [7, 11) is -7.74. The van der Waals surface area contributed by atoms with E-state index < -0.39 is 26.0 Å². The number of rotatable bonds is 9. The van der Waals surface area contributed by atoms with Crippen LogP contribution in [0, 0.1) is 6.92 Å². The zero-order valence-corrected chi connectivity index (χ0v) is 20.1. The van der Waals surface area contributed by atoms with Crippen molar-refractivity contribution in [2.24, 2.45) is 0 Å². The minimum Gasteiger partial charge on any atom is -0.296 e. The average molecular weight is 480 g/mol. The van der Waals surface area contributed by atoms with Gasteiger partial charge in [0.25, 0.3) is 0 Å². The molecular formula is C22H29N3O5S2. The fourth-order valence-electron chi connectivity index (χ4n) is 3.94. The van der Waals surface area contributed by atoms with Gasteiger partial charge in [0.15, 0.2) is 0 Å². The van der Waals surface area contributed by atoms with Gasteiger partial charge in [-0.05, 0) is 43.3 Å². The van der Waals surface area contributed by atoms with Gasteiger partial charge in [0.05, 0.1) is 16.3 Å². The van der Waals surface area contributed by atoms with E-state index in [4.69, 9.17) is 0 Å². The van der Waals surface area contributed by atoms with Crippen LogP contribution in [-0.2, 0) is 24.8 Å². The van der Waals surface area contributed by atoms with Crippen LogP contribution in [0.1, 0.15) is 37.4 Å². The normalized spacial score (nSPS) is 17.1. The fourth-order valence-corrected chi connectivity index (χ4v) is 6.69. The minimum absolute atomic E-state index is 0.0434. The molecule has 0 bridgehead atoms. The number of benzene rings is 2. The summed E-state index contributed by atoms with van der Waals surface area (Å²) in [6.45, 7) is 7.34. The highest BCUT2D eigenvalue weighted by Crippen LogP contribution is 2.29. The van der Waals surface area contributed by atoms with Crippen LogP contribution in [0.3, 0.4) is 0 Å². The molecule has 8 nitrogen and oxygen atoms in total. The molecule has 0 radical (unpaired) electrons. The van der Waals surface area contributed by atoms with E-state index in [2.05, 4.69) is 9.62 Å². The van der Waals surface area contributed by atoms with Crippen LogP contribution in [0.25, 0.3) is 0 Å². The maximum absolute atomic E-state index is 13.2. The molecule has 1 amide bonds.